The van der Waals surface area contributed by atoms with Gasteiger partial charge in [0, 0.05) is 7.11 Å². The molecule has 0 aromatic rings. The summed E-state index contributed by atoms with van der Waals surface area (Å²) in [4.78, 5) is 3.90. The van der Waals surface area contributed by atoms with Crippen molar-refractivity contribution < 1.29 is 4.74 Å². The van der Waals surface area contributed by atoms with Gasteiger partial charge in [-0.25, -0.2) is 0 Å². The van der Waals surface area contributed by atoms with E-state index in [0.29, 0.717) is 6.54 Å². The molecule has 0 aliphatic rings. The Kier molecular flexibility index (Phi) is 6.07. The molecule has 0 heterocycles. The molecule has 0 radical (unpaired) electrons. The Bertz CT molecular complexity index is 106. The standard InChI is InChI=1S/C8H18N2O/c1-7(10-2)8(11-3)5-4-6-9/h7-8H,2,4-6,9H2,1,3H3. The van der Waals surface area contributed by atoms with E-state index in [1.165, 1.54) is 0 Å². The normalized spacial score (nSPS) is 15.9. The highest BCUT2D eigenvalue weighted by molar-refractivity contribution is 5.24. The molecule has 0 fully saturated rings. The average Bonchev–Trinajstić information content (AvgIpc) is 2.05. The van der Waals surface area contributed by atoms with Crippen LogP contribution in [0.4, 0.5) is 0 Å². The van der Waals surface area contributed by atoms with E-state index in [1.807, 2.05) is 6.92 Å². The molecule has 2 unspecified atom stereocenters. The van der Waals surface area contributed by atoms with Gasteiger partial charge in [-0.2, -0.15) is 0 Å². The van der Waals surface area contributed by atoms with Crippen LogP contribution in [0.25, 0.3) is 0 Å². The van der Waals surface area contributed by atoms with Gasteiger partial charge in [-0.3, -0.25) is 4.99 Å². The minimum Gasteiger partial charge on any atom is -0.379 e. The lowest BCUT2D eigenvalue weighted by atomic mass is 10.1. The molecule has 0 spiro atoms. The number of nitrogens with zero attached hydrogens (tertiary/aromatic N) is 1. The second-order valence-corrected chi connectivity index (χ2v) is 2.63. The summed E-state index contributed by atoms with van der Waals surface area (Å²) in [7, 11) is 1.70. The first-order chi connectivity index (χ1) is 5.26. The highest BCUT2D eigenvalue weighted by atomic mass is 16.5. The fourth-order valence-corrected chi connectivity index (χ4v) is 0.993. The van der Waals surface area contributed by atoms with Crippen LogP contribution in [0.15, 0.2) is 4.99 Å². The van der Waals surface area contributed by atoms with E-state index < -0.39 is 0 Å². The van der Waals surface area contributed by atoms with Crippen molar-refractivity contribution in [2.75, 3.05) is 13.7 Å². The van der Waals surface area contributed by atoms with Crippen LogP contribution in [-0.2, 0) is 4.74 Å². The van der Waals surface area contributed by atoms with Crippen LogP contribution in [0.3, 0.4) is 0 Å². The maximum absolute atomic E-state index is 5.37. The lowest BCUT2D eigenvalue weighted by molar-refractivity contribution is 0.0778. The summed E-state index contributed by atoms with van der Waals surface area (Å²) < 4.78 is 5.22. The van der Waals surface area contributed by atoms with Gasteiger partial charge in [0.1, 0.15) is 0 Å². The molecular weight excluding hydrogens is 140 g/mol. The zero-order valence-corrected chi connectivity index (χ0v) is 7.42. The molecule has 0 aromatic carbocycles. The van der Waals surface area contributed by atoms with Crippen LogP contribution < -0.4 is 5.73 Å². The van der Waals surface area contributed by atoms with Crippen LogP contribution in [0.2, 0.25) is 0 Å². The molecule has 3 nitrogen and oxygen atoms in total. The maximum atomic E-state index is 5.37. The van der Waals surface area contributed by atoms with E-state index in [4.69, 9.17) is 10.5 Å². The Labute approximate surface area is 68.6 Å². The summed E-state index contributed by atoms with van der Waals surface area (Å²) in [5.74, 6) is 0. The van der Waals surface area contributed by atoms with Gasteiger partial charge in [0.15, 0.2) is 0 Å². The fourth-order valence-electron chi connectivity index (χ4n) is 0.993. The number of hydrogen-bond acceptors (Lipinski definition) is 3. The third kappa shape index (κ3) is 4.11. The Balaban J connectivity index is 3.64. The third-order valence-electron chi connectivity index (χ3n) is 1.82. The van der Waals surface area contributed by atoms with E-state index in [-0.39, 0.29) is 12.1 Å². The molecule has 0 aromatic heterocycles. The molecular formula is C8H18N2O. The lowest BCUT2D eigenvalue weighted by Crippen LogP contribution is -2.24. The molecule has 66 valence electrons. The Morgan fingerprint density at radius 3 is 2.64 bits per heavy atom. The highest BCUT2D eigenvalue weighted by Crippen LogP contribution is 2.07. The topological polar surface area (TPSA) is 47.6 Å². The van der Waals surface area contributed by atoms with Crippen LogP contribution in [0.5, 0.6) is 0 Å². The van der Waals surface area contributed by atoms with Gasteiger partial charge in [-0.15, -0.1) is 0 Å². The van der Waals surface area contributed by atoms with Crippen molar-refractivity contribution in [1.82, 2.24) is 0 Å². The number of methoxy groups -OCH3 is 1. The van der Waals surface area contributed by atoms with E-state index in [0.717, 1.165) is 12.8 Å². The van der Waals surface area contributed by atoms with Crippen molar-refractivity contribution in [3.63, 3.8) is 0 Å². The van der Waals surface area contributed by atoms with Gasteiger partial charge >= 0.3 is 0 Å². The largest absolute Gasteiger partial charge is 0.379 e. The monoisotopic (exact) mass is 158 g/mol. The maximum Gasteiger partial charge on any atom is 0.0792 e. The van der Waals surface area contributed by atoms with Crippen molar-refractivity contribution in [2.45, 2.75) is 31.9 Å². The molecule has 0 aliphatic carbocycles. The molecule has 0 bridgehead atoms. The minimum atomic E-state index is 0.173. The molecule has 0 saturated carbocycles. The van der Waals surface area contributed by atoms with Gasteiger partial charge in [-0.05, 0) is 33.0 Å². The number of aliphatic imine (C=N–C) groups is 1. The van der Waals surface area contributed by atoms with Gasteiger partial charge in [0.05, 0.1) is 12.1 Å². The lowest BCUT2D eigenvalue weighted by Gasteiger charge is -2.18. The van der Waals surface area contributed by atoms with E-state index in [1.54, 1.807) is 7.11 Å². The first-order valence-electron chi connectivity index (χ1n) is 3.95. The Morgan fingerprint density at radius 1 is 1.64 bits per heavy atom. The van der Waals surface area contributed by atoms with Crippen molar-refractivity contribution in [2.24, 2.45) is 10.7 Å². The number of hydrogen-bond donors (Lipinski definition) is 1. The summed E-state index contributed by atoms with van der Waals surface area (Å²) in [6, 6.07) is 0.173. The Hall–Kier alpha value is -0.410. The van der Waals surface area contributed by atoms with Crippen LogP contribution in [0.1, 0.15) is 19.8 Å². The third-order valence-corrected chi connectivity index (χ3v) is 1.82. The van der Waals surface area contributed by atoms with Crippen molar-refractivity contribution in [1.29, 1.82) is 0 Å². The predicted molar refractivity (Wildman–Crippen MR) is 48.1 cm³/mol. The zero-order valence-electron chi connectivity index (χ0n) is 7.42. The van der Waals surface area contributed by atoms with Gasteiger partial charge in [0.2, 0.25) is 0 Å². The molecule has 0 saturated heterocycles. The second kappa shape index (κ2) is 6.31. The Morgan fingerprint density at radius 2 is 2.27 bits per heavy atom. The molecule has 0 aliphatic heterocycles. The summed E-state index contributed by atoms with van der Waals surface area (Å²) in [6.45, 7) is 6.19. The van der Waals surface area contributed by atoms with E-state index in [9.17, 15) is 0 Å². The van der Waals surface area contributed by atoms with Gasteiger partial charge in [-0.1, -0.05) is 0 Å². The molecule has 0 rings (SSSR count). The minimum absolute atomic E-state index is 0.173. The van der Waals surface area contributed by atoms with Gasteiger partial charge < -0.3 is 10.5 Å². The summed E-state index contributed by atoms with van der Waals surface area (Å²) in [6.07, 6.45) is 2.13. The SMILES string of the molecule is C=NC(C)C(CCCN)OC. The van der Waals surface area contributed by atoms with Crippen molar-refractivity contribution in [3.05, 3.63) is 0 Å². The zero-order chi connectivity index (χ0) is 8.69. The van der Waals surface area contributed by atoms with Gasteiger partial charge in [0.25, 0.3) is 0 Å². The van der Waals surface area contributed by atoms with Crippen molar-refractivity contribution in [3.8, 4) is 0 Å². The smallest absolute Gasteiger partial charge is 0.0792 e. The first kappa shape index (κ1) is 10.6. The van der Waals surface area contributed by atoms with Crippen molar-refractivity contribution >= 4 is 6.72 Å². The predicted octanol–water partition coefficient (Wildman–Crippen LogP) is 0.829. The molecule has 11 heavy (non-hydrogen) atoms. The summed E-state index contributed by atoms with van der Waals surface area (Å²) in [5, 5.41) is 0. The van der Waals surface area contributed by atoms with Crippen LogP contribution in [-0.4, -0.2) is 32.5 Å². The second-order valence-electron chi connectivity index (χ2n) is 2.63. The van der Waals surface area contributed by atoms with E-state index >= 15 is 0 Å². The first-order valence-corrected chi connectivity index (χ1v) is 3.95. The number of rotatable bonds is 6. The van der Waals surface area contributed by atoms with Crippen LogP contribution in [0, 0.1) is 0 Å². The number of ether oxygens (including phenoxy) is 1. The van der Waals surface area contributed by atoms with Crippen LogP contribution >= 0.6 is 0 Å². The molecule has 2 atom stereocenters. The molecule has 0 amide bonds. The fraction of sp³-hybridized carbons (Fsp3) is 0.875. The highest BCUT2D eigenvalue weighted by Gasteiger charge is 2.13. The summed E-state index contributed by atoms with van der Waals surface area (Å²) >= 11 is 0. The molecule has 3 heteroatoms. The molecule has 2 N–H and O–H groups in total. The number of nitrogens with two attached hydrogens (primary N) is 1. The quantitative estimate of drug-likeness (QED) is 0.582. The average molecular weight is 158 g/mol. The van der Waals surface area contributed by atoms with E-state index in [2.05, 4.69) is 11.7 Å². The summed E-state index contributed by atoms with van der Waals surface area (Å²) in [5.41, 5.74) is 5.37.